The summed E-state index contributed by atoms with van der Waals surface area (Å²) < 4.78 is 50.7. The van der Waals surface area contributed by atoms with Gasteiger partial charge in [0, 0.05) is 16.6 Å². The minimum atomic E-state index is -4.35. The SMILES string of the molecule is CC(Nc1ccccc1SC(F)(F)F)c1cccc(F)c1. The summed E-state index contributed by atoms with van der Waals surface area (Å²) in [7, 11) is 0. The Balaban J connectivity index is 2.19. The molecular formula is C15H13F4NS. The summed E-state index contributed by atoms with van der Waals surface area (Å²) in [5.41, 5.74) is -3.31. The number of anilines is 1. The summed E-state index contributed by atoms with van der Waals surface area (Å²) in [6.45, 7) is 1.77. The molecule has 0 fully saturated rings. The summed E-state index contributed by atoms with van der Waals surface area (Å²) >= 11 is -0.169. The second kappa shape index (κ2) is 6.39. The van der Waals surface area contributed by atoms with Crippen molar-refractivity contribution in [3.05, 3.63) is 59.9 Å². The van der Waals surface area contributed by atoms with Crippen LogP contribution >= 0.6 is 11.8 Å². The Bertz CT molecular complexity index is 613. The van der Waals surface area contributed by atoms with Gasteiger partial charge in [-0.3, -0.25) is 0 Å². The van der Waals surface area contributed by atoms with Crippen LogP contribution in [-0.2, 0) is 0 Å². The van der Waals surface area contributed by atoms with Crippen molar-refractivity contribution in [2.45, 2.75) is 23.4 Å². The number of para-hydroxylation sites is 1. The molecule has 0 bridgehead atoms. The van der Waals surface area contributed by atoms with E-state index in [2.05, 4.69) is 5.32 Å². The van der Waals surface area contributed by atoms with Gasteiger partial charge in [-0.1, -0.05) is 24.3 Å². The van der Waals surface area contributed by atoms with Gasteiger partial charge >= 0.3 is 5.51 Å². The van der Waals surface area contributed by atoms with Gasteiger partial charge in [-0.15, -0.1) is 0 Å². The first-order valence-corrected chi connectivity index (χ1v) is 7.03. The summed E-state index contributed by atoms with van der Waals surface area (Å²) in [6, 6.07) is 11.8. The zero-order chi connectivity index (χ0) is 15.5. The van der Waals surface area contributed by atoms with E-state index in [1.807, 2.05) is 0 Å². The van der Waals surface area contributed by atoms with Crippen molar-refractivity contribution >= 4 is 17.4 Å². The number of rotatable bonds is 4. The highest BCUT2D eigenvalue weighted by molar-refractivity contribution is 8.00. The molecule has 0 aliphatic carbocycles. The molecule has 2 rings (SSSR count). The number of hydrogen-bond donors (Lipinski definition) is 1. The van der Waals surface area contributed by atoms with Crippen LogP contribution < -0.4 is 5.32 Å². The molecule has 1 unspecified atom stereocenters. The minimum Gasteiger partial charge on any atom is -0.378 e. The number of alkyl halides is 3. The summed E-state index contributed by atoms with van der Waals surface area (Å²) in [6.07, 6.45) is 0. The van der Waals surface area contributed by atoms with Crippen LogP contribution in [0.3, 0.4) is 0 Å². The van der Waals surface area contributed by atoms with Crippen molar-refractivity contribution in [2.75, 3.05) is 5.32 Å². The molecule has 2 aromatic carbocycles. The van der Waals surface area contributed by atoms with Crippen LogP contribution in [0.1, 0.15) is 18.5 Å². The van der Waals surface area contributed by atoms with E-state index < -0.39 is 5.51 Å². The molecule has 0 aromatic heterocycles. The Kier molecular flexibility index (Phi) is 4.77. The smallest absolute Gasteiger partial charge is 0.378 e. The molecule has 0 spiro atoms. The fourth-order valence-electron chi connectivity index (χ4n) is 1.89. The molecule has 0 aliphatic heterocycles. The van der Waals surface area contributed by atoms with Gasteiger partial charge in [0.1, 0.15) is 5.82 Å². The third-order valence-corrected chi connectivity index (χ3v) is 3.64. The van der Waals surface area contributed by atoms with Gasteiger partial charge in [0.2, 0.25) is 0 Å². The van der Waals surface area contributed by atoms with Gasteiger partial charge in [0.25, 0.3) is 0 Å². The Hall–Kier alpha value is -1.69. The summed E-state index contributed by atoms with van der Waals surface area (Å²) in [5, 5.41) is 2.99. The van der Waals surface area contributed by atoms with E-state index in [1.165, 1.54) is 18.2 Å². The van der Waals surface area contributed by atoms with E-state index >= 15 is 0 Å². The Morgan fingerprint density at radius 1 is 1.05 bits per heavy atom. The molecule has 2 aromatic rings. The van der Waals surface area contributed by atoms with Crippen LogP contribution in [0.4, 0.5) is 23.2 Å². The van der Waals surface area contributed by atoms with Crippen LogP contribution in [0.2, 0.25) is 0 Å². The first kappa shape index (κ1) is 15.7. The first-order chi connectivity index (χ1) is 9.85. The number of thioether (sulfide) groups is 1. The summed E-state index contributed by atoms with van der Waals surface area (Å²) in [5.74, 6) is -0.376. The van der Waals surface area contributed by atoms with E-state index in [-0.39, 0.29) is 28.5 Å². The normalized spacial score (nSPS) is 13.0. The van der Waals surface area contributed by atoms with Crippen LogP contribution in [0, 0.1) is 5.82 Å². The molecule has 0 saturated carbocycles. The highest BCUT2D eigenvalue weighted by Crippen LogP contribution is 2.41. The topological polar surface area (TPSA) is 12.0 Å². The second-order valence-electron chi connectivity index (χ2n) is 4.46. The number of benzene rings is 2. The van der Waals surface area contributed by atoms with Gasteiger partial charge < -0.3 is 5.32 Å². The minimum absolute atomic E-state index is 0.0910. The second-order valence-corrected chi connectivity index (χ2v) is 5.57. The molecule has 1 N–H and O–H groups in total. The first-order valence-electron chi connectivity index (χ1n) is 6.22. The highest BCUT2D eigenvalue weighted by atomic mass is 32.2. The highest BCUT2D eigenvalue weighted by Gasteiger charge is 2.30. The van der Waals surface area contributed by atoms with Gasteiger partial charge in [-0.05, 0) is 48.5 Å². The molecule has 0 saturated heterocycles. The largest absolute Gasteiger partial charge is 0.446 e. The molecule has 6 heteroatoms. The molecule has 0 radical (unpaired) electrons. The quantitative estimate of drug-likeness (QED) is 0.581. The van der Waals surface area contributed by atoms with Crippen LogP contribution in [0.25, 0.3) is 0 Å². The molecule has 1 atom stereocenters. The fraction of sp³-hybridized carbons (Fsp3) is 0.200. The maximum Gasteiger partial charge on any atom is 0.446 e. The average Bonchev–Trinajstić information content (AvgIpc) is 2.39. The van der Waals surface area contributed by atoms with Crippen molar-refractivity contribution in [2.24, 2.45) is 0 Å². The molecule has 1 nitrogen and oxygen atoms in total. The number of halogens is 4. The molecular weight excluding hydrogens is 302 g/mol. The lowest BCUT2D eigenvalue weighted by atomic mass is 10.1. The Morgan fingerprint density at radius 2 is 1.76 bits per heavy atom. The van der Waals surface area contributed by atoms with Crippen LogP contribution in [0.15, 0.2) is 53.4 Å². The van der Waals surface area contributed by atoms with E-state index in [0.29, 0.717) is 11.3 Å². The van der Waals surface area contributed by atoms with Gasteiger partial charge in [0.15, 0.2) is 0 Å². The summed E-state index contributed by atoms with van der Waals surface area (Å²) in [4.78, 5) is 0.0910. The maximum atomic E-state index is 13.2. The van der Waals surface area contributed by atoms with Crippen molar-refractivity contribution < 1.29 is 17.6 Å². The Labute approximate surface area is 124 Å². The molecule has 0 aliphatic rings. The molecule has 21 heavy (non-hydrogen) atoms. The van der Waals surface area contributed by atoms with Crippen molar-refractivity contribution in [1.29, 1.82) is 0 Å². The Morgan fingerprint density at radius 3 is 2.43 bits per heavy atom. The van der Waals surface area contributed by atoms with Crippen LogP contribution in [-0.4, -0.2) is 5.51 Å². The van der Waals surface area contributed by atoms with Gasteiger partial charge in [-0.25, -0.2) is 4.39 Å². The average molecular weight is 315 g/mol. The van der Waals surface area contributed by atoms with Crippen molar-refractivity contribution in [3.8, 4) is 0 Å². The lowest BCUT2D eigenvalue weighted by molar-refractivity contribution is -0.0327. The predicted molar refractivity (Wildman–Crippen MR) is 76.8 cm³/mol. The van der Waals surface area contributed by atoms with Gasteiger partial charge in [0.05, 0.1) is 0 Å². The number of nitrogens with one attached hydrogen (secondary N) is 1. The zero-order valence-corrected chi connectivity index (χ0v) is 11.9. The van der Waals surface area contributed by atoms with E-state index in [1.54, 1.807) is 37.3 Å². The standard InChI is InChI=1S/C15H13F4NS/c1-10(11-5-4-6-12(16)9-11)20-13-7-2-3-8-14(13)21-15(17,18)19/h2-10,20H,1H3. The van der Waals surface area contributed by atoms with E-state index in [9.17, 15) is 17.6 Å². The number of hydrogen-bond acceptors (Lipinski definition) is 2. The molecule has 0 amide bonds. The predicted octanol–water partition coefficient (Wildman–Crippen LogP) is 5.61. The molecule has 112 valence electrons. The zero-order valence-electron chi connectivity index (χ0n) is 11.1. The maximum absolute atomic E-state index is 13.2. The van der Waals surface area contributed by atoms with Crippen molar-refractivity contribution in [1.82, 2.24) is 0 Å². The van der Waals surface area contributed by atoms with E-state index in [0.717, 1.165) is 0 Å². The van der Waals surface area contributed by atoms with E-state index in [4.69, 9.17) is 0 Å². The third kappa shape index (κ3) is 4.67. The lowest BCUT2D eigenvalue weighted by Gasteiger charge is -2.18. The molecule has 0 heterocycles. The van der Waals surface area contributed by atoms with Gasteiger partial charge in [-0.2, -0.15) is 13.2 Å². The van der Waals surface area contributed by atoms with Crippen molar-refractivity contribution in [3.63, 3.8) is 0 Å². The van der Waals surface area contributed by atoms with Crippen LogP contribution in [0.5, 0.6) is 0 Å². The third-order valence-electron chi connectivity index (χ3n) is 2.83. The monoisotopic (exact) mass is 315 g/mol. The lowest BCUT2D eigenvalue weighted by Crippen LogP contribution is -2.09. The fourth-order valence-corrected chi connectivity index (χ4v) is 2.52.